The summed E-state index contributed by atoms with van der Waals surface area (Å²) in [5.41, 5.74) is -1.31. The Morgan fingerprint density at radius 2 is 1.82 bits per heavy atom. The lowest BCUT2D eigenvalue weighted by Crippen LogP contribution is -2.48. The fourth-order valence-electron chi connectivity index (χ4n) is 8.17. The van der Waals surface area contributed by atoms with Crippen molar-refractivity contribution in [3.05, 3.63) is 93.3 Å². The van der Waals surface area contributed by atoms with Crippen LogP contribution in [0.5, 0.6) is 5.75 Å². The fraction of sp³-hybridized carbons (Fsp3) is 0.390. The second-order valence-corrected chi connectivity index (χ2v) is 16.8. The van der Waals surface area contributed by atoms with Crippen molar-refractivity contribution in [2.75, 3.05) is 22.4 Å². The number of aryl methyl sites for hydroxylation is 1. The zero-order chi connectivity index (χ0) is 43.9. The van der Waals surface area contributed by atoms with Crippen LogP contribution < -0.4 is 19.7 Å². The lowest BCUT2D eigenvalue weighted by molar-refractivity contribution is -0.122. The van der Waals surface area contributed by atoms with Gasteiger partial charge in [0.15, 0.2) is 0 Å². The Hall–Kier alpha value is -5.27. The summed E-state index contributed by atoms with van der Waals surface area (Å²) in [5.74, 6) is -7.86. The Labute approximate surface area is 354 Å². The molecule has 2 amide bonds. The highest BCUT2D eigenvalue weighted by molar-refractivity contribution is 7.92. The molecular formula is C41H41ClF6N8O4S. The zero-order valence-corrected chi connectivity index (χ0v) is 34.7. The molecule has 1 fully saturated rings. The summed E-state index contributed by atoms with van der Waals surface area (Å²) in [4.78, 5) is 34.3. The van der Waals surface area contributed by atoms with Crippen LogP contribution in [0.25, 0.3) is 10.9 Å². The molecule has 12 nitrogen and oxygen atoms in total. The van der Waals surface area contributed by atoms with Crippen LogP contribution in [-0.2, 0) is 48.5 Å². The molecule has 5 aromatic rings. The third-order valence-electron chi connectivity index (χ3n) is 10.9. The van der Waals surface area contributed by atoms with E-state index in [4.69, 9.17) is 16.3 Å². The number of nitrogens with zero attached hydrogens (tertiary/aromatic N) is 6. The van der Waals surface area contributed by atoms with E-state index >= 15 is 13.6 Å². The highest BCUT2D eigenvalue weighted by atomic mass is 35.5. The van der Waals surface area contributed by atoms with Gasteiger partial charge in [-0.25, -0.2) is 17.6 Å². The van der Waals surface area contributed by atoms with Gasteiger partial charge in [0.2, 0.25) is 11.7 Å². The number of nitrogens with one attached hydrogen (secondary N) is 2. The maximum Gasteiger partial charge on any atom is 0.292 e. The summed E-state index contributed by atoms with van der Waals surface area (Å²) in [6, 6.07) is 9.14. The van der Waals surface area contributed by atoms with Gasteiger partial charge in [-0.2, -0.15) is 18.6 Å². The van der Waals surface area contributed by atoms with Gasteiger partial charge in [0.25, 0.3) is 18.3 Å². The molecule has 0 bridgehead atoms. The van der Waals surface area contributed by atoms with Crippen molar-refractivity contribution in [2.24, 2.45) is 18.0 Å². The van der Waals surface area contributed by atoms with Crippen LogP contribution in [0.4, 0.5) is 43.5 Å². The van der Waals surface area contributed by atoms with Gasteiger partial charge in [-0.15, -0.1) is 5.10 Å². The lowest BCUT2D eigenvalue weighted by Gasteiger charge is -2.30. The number of amides is 2. The van der Waals surface area contributed by atoms with Gasteiger partial charge in [-0.1, -0.05) is 18.5 Å². The molecule has 324 valence electrons. The number of fused-ring (bicyclic) bond motifs is 2. The largest absolute Gasteiger partial charge is 0.593 e. The molecule has 61 heavy (non-hydrogen) atoms. The van der Waals surface area contributed by atoms with Crippen LogP contribution >= 0.6 is 11.6 Å². The Bertz CT molecular complexity index is 2470. The quantitative estimate of drug-likeness (QED) is 0.0612. The van der Waals surface area contributed by atoms with E-state index in [1.54, 1.807) is 19.2 Å². The van der Waals surface area contributed by atoms with Crippen LogP contribution in [-0.4, -0.2) is 67.6 Å². The predicted molar refractivity (Wildman–Crippen MR) is 220 cm³/mol. The average molecular weight is 891 g/mol. The molecule has 2 aromatic heterocycles. The van der Waals surface area contributed by atoms with Gasteiger partial charge < -0.3 is 19.5 Å². The number of carbonyl (C=O) groups is 2. The molecule has 7 rings (SSSR count). The SMILES string of the molecule is C=Nc1cc(OC2CCCC2)ccc1C(=O)N(CC(Cc1cc(F)cc(F)c1)NC(=O)Cn1nc(C(F)F)c2c1C(F)(F)[C@@H](C)C2)c1ccc(Cl)c2c(N[S+](C)[O-])nn(C)c12. The van der Waals surface area contributed by atoms with Crippen LogP contribution in [0, 0.1) is 17.6 Å². The third kappa shape index (κ3) is 9.04. The maximum absolute atomic E-state index is 15.4. The minimum absolute atomic E-state index is 0.0143. The van der Waals surface area contributed by atoms with E-state index in [9.17, 15) is 26.9 Å². The molecular weight excluding hydrogens is 850 g/mol. The second kappa shape index (κ2) is 17.6. The lowest BCUT2D eigenvalue weighted by atomic mass is 10.0. The predicted octanol–water partition coefficient (Wildman–Crippen LogP) is 8.36. The summed E-state index contributed by atoms with van der Waals surface area (Å²) in [7, 11) is 1.56. The van der Waals surface area contributed by atoms with Crippen molar-refractivity contribution in [3.63, 3.8) is 0 Å². The van der Waals surface area contributed by atoms with E-state index in [0.29, 0.717) is 16.5 Å². The number of halogens is 7. The second-order valence-electron chi connectivity index (χ2n) is 15.2. The number of aromatic nitrogens is 4. The van der Waals surface area contributed by atoms with Gasteiger partial charge in [0.1, 0.15) is 41.6 Å². The first-order valence-corrected chi connectivity index (χ1v) is 21.2. The van der Waals surface area contributed by atoms with E-state index in [2.05, 4.69) is 31.9 Å². The molecule has 0 spiro atoms. The van der Waals surface area contributed by atoms with Gasteiger partial charge in [-0.05, 0) is 87.2 Å². The van der Waals surface area contributed by atoms with Gasteiger partial charge >= 0.3 is 0 Å². The normalized spacial score (nSPS) is 17.1. The van der Waals surface area contributed by atoms with Gasteiger partial charge in [-0.3, -0.25) is 23.9 Å². The van der Waals surface area contributed by atoms with E-state index in [0.717, 1.165) is 37.8 Å². The number of hydrogen-bond donors (Lipinski definition) is 2. The van der Waals surface area contributed by atoms with Crippen LogP contribution in [0.3, 0.4) is 0 Å². The average Bonchev–Trinajstić information content (AvgIpc) is 3.95. The molecule has 1 saturated carbocycles. The Morgan fingerprint density at radius 1 is 1.11 bits per heavy atom. The number of benzene rings is 3. The monoisotopic (exact) mass is 890 g/mol. The standard InChI is InChI=1S/C41H41ClF6N8O4S/c1-21-13-29-35(38(45)46)51-56(37(29)41(21,47)48)20-33(57)50-25(16-22-14-23(43)17-24(44)15-22)19-55(32-12-11-30(42)34-36(32)54(3)52-39(34)53-61(4)59)40(58)28-10-9-27(18-31(28)49-2)60-26-7-5-6-8-26/h9-12,14-15,17-18,21,25-26,38H,2,5-8,13,16,19-20H2,1,3-4H3,(H,50,57)(H,52,53)/t21-,25?,61?/m0/s1. The van der Waals surface area contributed by atoms with E-state index in [1.165, 1.54) is 41.0 Å². The third-order valence-corrected chi connectivity index (χ3v) is 11.7. The number of carbonyl (C=O) groups excluding carboxylic acids is 2. The van der Waals surface area contributed by atoms with Crippen molar-refractivity contribution < 1.29 is 45.2 Å². The summed E-state index contributed by atoms with van der Waals surface area (Å²) >= 11 is 5.08. The van der Waals surface area contributed by atoms with E-state index < -0.39 is 83.6 Å². The number of ether oxygens (including phenoxy) is 1. The number of rotatable bonds is 15. The van der Waals surface area contributed by atoms with Crippen molar-refractivity contribution >= 4 is 69.6 Å². The van der Waals surface area contributed by atoms with Crippen molar-refractivity contribution in [2.45, 2.75) is 76.5 Å². The summed E-state index contributed by atoms with van der Waals surface area (Å²) < 4.78 is 111. The molecule has 20 heteroatoms. The fourth-order valence-corrected chi connectivity index (χ4v) is 8.83. The van der Waals surface area contributed by atoms with E-state index in [1.807, 2.05) is 0 Å². The van der Waals surface area contributed by atoms with Crippen molar-refractivity contribution in [3.8, 4) is 5.75 Å². The first-order valence-electron chi connectivity index (χ1n) is 19.3. The highest BCUT2D eigenvalue weighted by Crippen LogP contribution is 2.48. The molecule has 0 aliphatic heterocycles. The first kappa shape index (κ1) is 43.8. The number of hydrogen-bond acceptors (Lipinski definition) is 8. The molecule has 3 aromatic carbocycles. The Kier molecular flexibility index (Phi) is 12.6. The summed E-state index contributed by atoms with van der Waals surface area (Å²) in [6.45, 7) is 3.50. The maximum atomic E-state index is 15.4. The van der Waals surface area contributed by atoms with Gasteiger partial charge in [0, 0.05) is 37.2 Å². The van der Waals surface area contributed by atoms with Crippen LogP contribution in [0.15, 0.2) is 53.5 Å². The number of alkyl halides is 4. The van der Waals surface area contributed by atoms with Crippen molar-refractivity contribution in [1.82, 2.24) is 24.9 Å². The van der Waals surface area contributed by atoms with Crippen LogP contribution in [0.1, 0.15) is 71.9 Å². The highest BCUT2D eigenvalue weighted by Gasteiger charge is 2.51. The summed E-state index contributed by atoms with van der Waals surface area (Å²) in [5, 5.41) is 11.3. The molecule has 2 N–H and O–H groups in total. The first-order chi connectivity index (χ1) is 28.9. The summed E-state index contributed by atoms with van der Waals surface area (Å²) in [6.07, 6.45) is 1.25. The molecule has 2 aliphatic carbocycles. The molecule has 3 atom stereocenters. The van der Waals surface area contributed by atoms with Gasteiger partial charge in [0.05, 0.1) is 56.4 Å². The molecule has 0 saturated heterocycles. The number of anilines is 2. The molecule has 0 radical (unpaired) electrons. The minimum atomic E-state index is -3.58. The molecule has 2 aliphatic rings. The minimum Gasteiger partial charge on any atom is -0.593 e. The van der Waals surface area contributed by atoms with E-state index in [-0.39, 0.29) is 68.8 Å². The molecule has 2 heterocycles. The Balaban J connectivity index is 1.32. The smallest absolute Gasteiger partial charge is 0.292 e. The topological polar surface area (TPSA) is 142 Å². The zero-order valence-electron chi connectivity index (χ0n) is 33.2. The number of aliphatic imine (C=N–C) groups is 1. The van der Waals surface area contributed by atoms with Crippen LogP contribution in [0.2, 0.25) is 5.02 Å². The Morgan fingerprint density at radius 3 is 2.48 bits per heavy atom. The van der Waals surface area contributed by atoms with Crippen molar-refractivity contribution in [1.29, 1.82) is 0 Å². The molecule has 2 unspecified atom stereocenters.